The molecule has 0 saturated heterocycles. The monoisotopic (exact) mass is 357 g/mol. The van der Waals surface area contributed by atoms with E-state index in [4.69, 9.17) is 22.7 Å². The van der Waals surface area contributed by atoms with Gasteiger partial charge in [0.15, 0.2) is 0 Å². The summed E-state index contributed by atoms with van der Waals surface area (Å²) in [5, 5.41) is 0. The van der Waals surface area contributed by atoms with Crippen molar-refractivity contribution in [1.29, 1.82) is 0 Å². The molecular weight excluding hydrogens is 348 g/mol. The molecule has 0 unspecified atom stereocenters. The van der Waals surface area contributed by atoms with Crippen molar-refractivity contribution >= 4 is 33.1 Å². The van der Waals surface area contributed by atoms with Gasteiger partial charge in [0.2, 0.25) is 0 Å². The van der Waals surface area contributed by atoms with E-state index in [1.165, 1.54) is 30.3 Å². The SMILES string of the molecule is NC(=S)c1cc(COc2ccc(F)cc2Br)ccc1F. The Bertz CT molecular complexity index is 664. The zero-order chi connectivity index (χ0) is 14.7. The van der Waals surface area contributed by atoms with Gasteiger partial charge >= 0.3 is 0 Å². The van der Waals surface area contributed by atoms with Gasteiger partial charge in [-0.25, -0.2) is 8.78 Å². The zero-order valence-electron chi connectivity index (χ0n) is 10.2. The van der Waals surface area contributed by atoms with Crippen LogP contribution < -0.4 is 10.5 Å². The predicted molar refractivity (Wildman–Crippen MR) is 80.7 cm³/mol. The summed E-state index contributed by atoms with van der Waals surface area (Å²) < 4.78 is 32.4. The average molecular weight is 358 g/mol. The van der Waals surface area contributed by atoms with Crippen molar-refractivity contribution < 1.29 is 13.5 Å². The van der Waals surface area contributed by atoms with Gasteiger partial charge in [0.25, 0.3) is 0 Å². The number of nitrogens with two attached hydrogens (primary N) is 1. The van der Waals surface area contributed by atoms with Crippen LogP contribution in [0.25, 0.3) is 0 Å². The lowest BCUT2D eigenvalue weighted by molar-refractivity contribution is 0.303. The first-order valence-electron chi connectivity index (χ1n) is 5.63. The van der Waals surface area contributed by atoms with E-state index in [1.807, 2.05) is 0 Å². The molecule has 0 amide bonds. The van der Waals surface area contributed by atoms with Crippen molar-refractivity contribution in [3.8, 4) is 5.75 Å². The fourth-order valence-corrected chi connectivity index (χ4v) is 2.23. The summed E-state index contributed by atoms with van der Waals surface area (Å²) in [6, 6.07) is 8.51. The number of ether oxygens (including phenoxy) is 1. The highest BCUT2D eigenvalue weighted by Gasteiger charge is 2.08. The molecule has 0 saturated carbocycles. The lowest BCUT2D eigenvalue weighted by atomic mass is 10.1. The van der Waals surface area contributed by atoms with E-state index < -0.39 is 5.82 Å². The minimum absolute atomic E-state index is 0.00712. The smallest absolute Gasteiger partial charge is 0.134 e. The van der Waals surface area contributed by atoms with Crippen LogP contribution in [0, 0.1) is 11.6 Å². The molecule has 0 atom stereocenters. The molecule has 2 aromatic rings. The molecule has 0 aliphatic rings. The highest BCUT2D eigenvalue weighted by atomic mass is 79.9. The number of hydrogen-bond donors (Lipinski definition) is 1. The first-order valence-corrected chi connectivity index (χ1v) is 6.83. The van der Waals surface area contributed by atoms with E-state index in [-0.39, 0.29) is 23.0 Å². The van der Waals surface area contributed by atoms with Crippen molar-refractivity contribution in [3.63, 3.8) is 0 Å². The van der Waals surface area contributed by atoms with Crippen molar-refractivity contribution in [2.75, 3.05) is 0 Å². The van der Waals surface area contributed by atoms with E-state index in [1.54, 1.807) is 6.07 Å². The molecule has 0 radical (unpaired) electrons. The van der Waals surface area contributed by atoms with Gasteiger partial charge in [-0.15, -0.1) is 0 Å². The van der Waals surface area contributed by atoms with Gasteiger partial charge in [-0.3, -0.25) is 0 Å². The summed E-state index contributed by atoms with van der Waals surface area (Å²) in [6.45, 7) is 0.195. The van der Waals surface area contributed by atoms with Crippen molar-refractivity contribution in [3.05, 3.63) is 63.6 Å². The molecule has 0 bridgehead atoms. The Kier molecular flexibility index (Phi) is 4.67. The summed E-state index contributed by atoms with van der Waals surface area (Å²) in [4.78, 5) is -0.00712. The summed E-state index contributed by atoms with van der Waals surface area (Å²) in [5.41, 5.74) is 6.33. The fourth-order valence-electron chi connectivity index (χ4n) is 1.60. The Morgan fingerprint density at radius 1 is 1.20 bits per heavy atom. The standard InChI is InChI=1S/C14H10BrF2NOS/c15-11-6-9(16)2-4-13(11)19-7-8-1-3-12(17)10(5-8)14(18)20/h1-6H,7H2,(H2,18,20). The summed E-state index contributed by atoms with van der Waals surface area (Å²) in [5.74, 6) is -0.335. The molecule has 0 spiro atoms. The van der Waals surface area contributed by atoms with Gasteiger partial charge in [-0.05, 0) is 51.8 Å². The molecule has 6 heteroatoms. The summed E-state index contributed by atoms with van der Waals surface area (Å²) in [6.07, 6.45) is 0. The molecule has 2 nitrogen and oxygen atoms in total. The Hall–Kier alpha value is -1.53. The predicted octanol–water partition coefficient (Wildman–Crippen LogP) is 3.94. The number of halogens is 3. The highest BCUT2D eigenvalue weighted by Crippen LogP contribution is 2.26. The van der Waals surface area contributed by atoms with Crippen LogP contribution in [0.4, 0.5) is 8.78 Å². The topological polar surface area (TPSA) is 35.2 Å². The van der Waals surface area contributed by atoms with Gasteiger partial charge < -0.3 is 10.5 Å². The number of benzene rings is 2. The molecule has 20 heavy (non-hydrogen) atoms. The van der Waals surface area contributed by atoms with Gasteiger partial charge in [-0.1, -0.05) is 18.3 Å². The maximum absolute atomic E-state index is 13.4. The number of rotatable bonds is 4. The molecule has 104 valence electrons. The third kappa shape index (κ3) is 3.52. The van der Waals surface area contributed by atoms with Crippen LogP contribution in [0.5, 0.6) is 5.75 Å². The summed E-state index contributed by atoms with van der Waals surface area (Å²) >= 11 is 7.97. The van der Waals surface area contributed by atoms with E-state index >= 15 is 0 Å². The zero-order valence-corrected chi connectivity index (χ0v) is 12.6. The second kappa shape index (κ2) is 6.28. The third-order valence-electron chi connectivity index (χ3n) is 2.58. The second-order valence-electron chi connectivity index (χ2n) is 4.04. The normalized spacial score (nSPS) is 10.3. The fraction of sp³-hybridized carbons (Fsp3) is 0.0714. The van der Waals surface area contributed by atoms with Crippen LogP contribution in [0.2, 0.25) is 0 Å². The van der Waals surface area contributed by atoms with E-state index in [0.717, 1.165) is 0 Å². The quantitative estimate of drug-likeness (QED) is 0.841. The maximum Gasteiger partial charge on any atom is 0.134 e. The Morgan fingerprint density at radius 3 is 2.60 bits per heavy atom. The maximum atomic E-state index is 13.4. The highest BCUT2D eigenvalue weighted by molar-refractivity contribution is 9.10. The Morgan fingerprint density at radius 2 is 1.95 bits per heavy atom. The average Bonchev–Trinajstić information content (AvgIpc) is 2.39. The second-order valence-corrected chi connectivity index (χ2v) is 5.34. The van der Waals surface area contributed by atoms with Gasteiger partial charge in [0, 0.05) is 5.56 Å². The molecule has 0 aromatic heterocycles. The minimum atomic E-state index is -0.468. The minimum Gasteiger partial charge on any atom is -0.488 e. The van der Waals surface area contributed by atoms with Crippen molar-refractivity contribution in [1.82, 2.24) is 0 Å². The van der Waals surface area contributed by atoms with Crippen molar-refractivity contribution in [2.45, 2.75) is 6.61 Å². The molecule has 0 fully saturated rings. The van der Waals surface area contributed by atoms with Crippen LogP contribution >= 0.6 is 28.1 Å². The van der Waals surface area contributed by atoms with E-state index in [2.05, 4.69) is 15.9 Å². The lowest BCUT2D eigenvalue weighted by Crippen LogP contribution is -2.12. The van der Waals surface area contributed by atoms with Crippen LogP contribution in [0.3, 0.4) is 0 Å². The van der Waals surface area contributed by atoms with Crippen LogP contribution in [0.15, 0.2) is 40.9 Å². The Labute approximate surface area is 128 Å². The molecule has 2 N–H and O–H groups in total. The number of hydrogen-bond acceptors (Lipinski definition) is 2. The van der Waals surface area contributed by atoms with Crippen LogP contribution in [0.1, 0.15) is 11.1 Å². The lowest BCUT2D eigenvalue weighted by Gasteiger charge is -2.09. The molecule has 2 aromatic carbocycles. The molecule has 0 aliphatic carbocycles. The molecule has 0 heterocycles. The van der Waals surface area contributed by atoms with Gasteiger partial charge in [0.1, 0.15) is 29.0 Å². The first-order chi connectivity index (χ1) is 9.47. The Balaban J connectivity index is 2.15. The van der Waals surface area contributed by atoms with Gasteiger partial charge in [-0.2, -0.15) is 0 Å². The van der Waals surface area contributed by atoms with E-state index in [0.29, 0.717) is 15.8 Å². The van der Waals surface area contributed by atoms with Crippen LogP contribution in [-0.4, -0.2) is 4.99 Å². The largest absolute Gasteiger partial charge is 0.488 e. The van der Waals surface area contributed by atoms with E-state index in [9.17, 15) is 8.78 Å². The molecule has 0 aliphatic heterocycles. The van der Waals surface area contributed by atoms with Crippen molar-refractivity contribution in [2.24, 2.45) is 5.73 Å². The molecular formula is C14H10BrF2NOS. The molecule has 2 rings (SSSR count). The summed E-state index contributed by atoms with van der Waals surface area (Å²) in [7, 11) is 0. The first kappa shape index (κ1) is 14.9. The third-order valence-corrected chi connectivity index (χ3v) is 3.42. The van der Waals surface area contributed by atoms with Gasteiger partial charge in [0.05, 0.1) is 4.47 Å². The number of thiocarbonyl (C=S) groups is 1. The van der Waals surface area contributed by atoms with Crippen LogP contribution in [-0.2, 0) is 6.61 Å².